The van der Waals surface area contributed by atoms with Crippen LogP contribution in [0.5, 0.6) is 0 Å². The molecule has 1 aliphatic rings. The van der Waals surface area contributed by atoms with E-state index in [4.69, 9.17) is 0 Å². The summed E-state index contributed by atoms with van der Waals surface area (Å²) in [5, 5.41) is 5.80. The summed E-state index contributed by atoms with van der Waals surface area (Å²) in [4.78, 5) is 29.3. The van der Waals surface area contributed by atoms with Crippen molar-refractivity contribution in [2.75, 3.05) is 26.0 Å². The van der Waals surface area contributed by atoms with E-state index >= 15 is 0 Å². The number of fused-ring (bicyclic) bond motifs is 1. The minimum atomic E-state index is -3.54. The van der Waals surface area contributed by atoms with Crippen molar-refractivity contribution >= 4 is 38.3 Å². The Morgan fingerprint density at radius 2 is 1.96 bits per heavy atom. The number of aromatic nitrogens is 1. The van der Waals surface area contributed by atoms with Crippen LogP contribution in [0.3, 0.4) is 0 Å². The number of carbonyl (C=O) groups excluding carboxylic acids is 2. The Bertz CT molecular complexity index is 949. The number of benzene rings is 1. The summed E-state index contributed by atoms with van der Waals surface area (Å²) in [5.41, 5.74) is 0.991. The van der Waals surface area contributed by atoms with Gasteiger partial charge in [-0.25, -0.2) is 17.7 Å². The largest absolute Gasteiger partial charge is 0.351 e. The highest BCUT2D eigenvalue weighted by atomic mass is 32.2. The zero-order valence-corrected chi connectivity index (χ0v) is 15.9. The van der Waals surface area contributed by atoms with Crippen LogP contribution in [-0.2, 0) is 16.4 Å². The number of amides is 2. The van der Waals surface area contributed by atoms with Crippen LogP contribution in [0.1, 0.15) is 32.1 Å². The van der Waals surface area contributed by atoms with E-state index in [0.717, 1.165) is 22.1 Å². The molecule has 0 spiro atoms. The first-order valence-corrected chi connectivity index (χ1v) is 10.2. The van der Waals surface area contributed by atoms with E-state index < -0.39 is 15.9 Å². The molecule has 0 saturated heterocycles. The molecule has 2 heterocycles. The molecule has 2 N–H and O–H groups in total. The van der Waals surface area contributed by atoms with Gasteiger partial charge in [0.1, 0.15) is 4.88 Å². The van der Waals surface area contributed by atoms with Crippen LogP contribution in [0.15, 0.2) is 29.2 Å². The van der Waals surface area contributed by atoms with Crippen LogP contribution in [0.4, 0.5) is 5.13 Å². The molecule has 0 atom stereocenters. The first-order valence-electron chi connectivity index (χ1n) is 7.91. The van der Waals surface area contributed by atoms with E-state index in [-0.39, 0.29) is 10.8 Å². The highest BCUT2D eigenvalue weighted by Gasteiger charge is 2.22. The van der Waals surface area contributed by atoms with Gasteiger partial charge in [0.2, 0.25) is 10.0 Å². The van der Waals surface area contributed by atoms with Gasteiger partial charge in [-0.2, -0.15) is 0 Å². The van der Waals surface area contributed by atoms with Crippen molar-refractivity contribution in [3.8, 4) is 0 Å². The van der Waals surface area contributed by atoms with Gasteiger partial charge in [0.15, 0.2) is 5.13 Å². The Morgan fingerprint density at radius 3 is 2.62 bits per heavy atom. The summed E-state index contributed by atoms with van der Waals surface area (Å²) in [7, 11) is -0.657. The average molecular weight is 394 g/mol. The van der Waals surface area contributed by atoms with Gasteiger partial charge in [-0.15, -0.1) is 0 Å². The highest BCUT2D eigenvalue weighted by Crippen LogP contribution is 2.26. The molecule has 3 rings (SSSR count). The first kappa shape index (κ1) is 18.5. The van der Waals surface area contributed by atoms with Crippen molar-refractivity contribution < 1.29 is 18.0 Å². The number of thiazole rings is 1. The quantitative estimate of drug-likeness (QED) is 0.813. The van der Waals surface area contributed by atoms with Gasteiger partial charge in [0, 0.05) is 26.2 Å². The molecular weight excluding hydrogens is 376 g/mol. The monoisotopic (exact) mass is 394 g/mol. The number of nitrogens with zero attached hydrogens (tertiary/aromatic N) is 2. The second-order valence-corrected chi connectivity index (χ2v) is 9.07. The maximum Gasteiger partial charge on any atom is 0.263 e. The number of sulfonamides is 1. The van der Waals surface area contributed by atoms with Gasteiger partial charge in [0.05, 0.1) is 10.6 Å². The fourth-order valence-electron chi connectivity index (χ4n) is 2.45. The third-order valence-corrected chi connectivity index (χ3v) is 6.74. The smallest absolute Gasteiger partial charge is 0.263 e. The van der Waals surface area contributed by atoms with Gasteiger partial charge in [-0.05, 0) is 37.1 Å². The summed E-state index contributed by atoms with van der Waals surface area (Å²) in [6.45, 7) is 0.617. The number of rotatable bonds is 4. The number of hydrogen-bond acceptors (Lipinski definition) is 6. The molecule has 2 amide bonds. The van der Waals surface area contributed by atoms with Crippen molar-refractivity contribution in [3.05, 3.63) is 40.4 Å². The number of nitrogens with one attached hydrogen (secondary N) is 2. The van der Waals surface area contributed by atoms with E-state index in [1.165, 1.54) is 38.4 Å². The van der Waals surface area contributed by atoms with Crippen molar-refractivity contribution in [1.82, 2.24) is 14.6 Å². The molecule has 10 heteroatoms. The number of hydrogen-bond donors (Lipinski definition) is 2. The third kappa shape index (κ3) is 3.62. The Hall–Kier alpha value is -2.30. The standard InChI is InChI=1S/C16H18N4O4S2/c1-20(2)26(23,24)11-7-5-10(6-8-11)14(21)19-16-18-12-4-3-9-17-15(22)13(12)25-16/h5-8H,3-4,9H2,1-2H3,(H,17,22)(H,18,19,21). The third-order valence-electron chi connectivity index (χ3n) is 3.90. The topological polar surface area (TPSA) is 108 Å². The van der Waals surface area contributed by atoms with Crippen molar-refractivity contribution in [1.29, 1.82) is 0 Å². The maximum absolute atomic E-state index is 12.4. The minimum Gasteiger partial charge on any atom is -0.351 e. The molecule has 0 bridgehead atoms. The van der Waals surface area contributed by atoms with E-state index in [1.807, 2.05) is 0 Å². The van der Waals surface area contributed by atoms with Crippen LogP contribution in [-0.4, -0.2) is 50.2 Å². The van der Waals surface area contributed by atoms with Gasteiger partial charge >= 0.3 is 0 Å². The lowest BCUT2D eigenvalue weighted by atomic mass is 10.2. The molecule has 0 fully saturated rings. The molecular formula is C16H18N4O4S2. The molecule has 1 aliphatic heterocycles. The Balaban J connectivity index is 1.77. The molecule has 0 saturated carbocycles. The average Bonchev–Trinajstić information content (AvgIpc) is 2.93. The molecule has 0 radical (unpaired) electrons. The molecule has 1 aromatic carbocycles. The lowest BCUT2D eigenvalue weighted by Gasteiger charge is -2.11. The van der Waals surface area contributed by atoms with Gasteiger partial charge < -0.3 is 5.32 Å². The Labute approximate surface area is 155 Å². The van der Waals surface area contributed by atoms with Crippen LogP contribution < -0.4 is 10.6 Å². The first-order chi connectivity index (χ1) is 12.3. The van der Waals surface area contributed by atoms with Crippen LogP contribution in [0.25, 0.3) is 0 Å². The zero-order chi connectivity index (χ0) is 18.9. The number of anilines is 1. The second-order valence-electron chi connectivity index (χ2n) is 5.92. The SMILES string of the molecule is CN(C)S(=O)(=O)c1ccc(C(=O)Nc2nc3c(s2)C(=O)NCCC3)cc1. The van der Waals surface area contributed by atoms with Crippen molar-refractivity contribution in [2.24, 2.45) is 0 Å². The Morgan fingerprint density at radius 1 is 1.27 bits per heavy atom. The Kier molecular flexibility index (Phi) is 5.08. The van der Waals surface area contributed by atoms with E-state index in [1.54, 1.807) is 0 Å². The lowest BCUT2D eigenvalue weighted by Crippen LogP contribution is -2.22. The molecule has 0 unspecified atom stereocenters. The van der Waals surface area contributed by atoms with Crippen molar-refractivity contribution in [2.45, 2.75) is 17.7 Å². The minimum absolute atomic E-state index is 0.108. The van der Waals surface area contributed by atoms with Gasteiger partial charge in [-0.1, -0.05) is 11.3 Å². The van der Waals surface area contributed by atoms with E-state index in [0.29, 0.717) is 34.2 Å². The van der Waals surface area contributed by atoms with Crippen LogP contribution >= 0.6 is 11.3 Å². The molecule has 8 nitrogen and oxygen atoms in total. The zero-order valence-electron chi connectivity index (χ0n) is 14.3. The van der Waals surface area contributed by atoms with Crippen LogP contribution in [0, 0.1) is 0 Å². The summed E-state index contributed by atoms with van der Waals surface area (Å²) < 4.78 is 25.2. The summed E-state index contributed by atoms with van der Waals surface area (Å²) >= 11 is 1.13. The normalized spacial score (nSPS) is 14.5. The van der Waals surface area contributed by atoms with E-state index in [9.17, 15) is 18.0 Å². The van der Waals surface area contributed by atoms with E-state index in [2.05, 4.69) is 15.6 Å². The van der Waals surface area contributed by atoms with Crippen LogP contribution in [0.2, 0.25) is 0 Å². The predicted octanol–water partition coefficient (Wildman–Crippen LogP) is 1.32. The molecule has 2 aromatic rings. The molecule has 0 aliphatic carbocycles. The predicted molar refractivity (Wildman–Crippen MR) is 98.0 cm³/mol. The van der Waals surface area contributed by atoms with Crippen molar-refractivity contribution in [3.63, 3.8) is 0 Å². The lowest BCUT2D eigenvalue weighted by molar-refractivity contribution is 0.0958. The molecule has 138 valence electrons. The van der Waals surface area contributed by atoms with Gasteiger partial charge in [0.25, 0.3) is 11.8 Å². The number of carbonyl (C=O) groups is 2. The molecule has 26 heavy (non-hydrogen) atoms. The number of aryl methyl sites for hydroxylation is 1. The maximum atomic E-state index is 12.4. The molecule has 1 aromatic heterocycles. The highest BCUT2D eigenvalue weighted by molar-refractivity contribution is 7.89. The summed E-state index contributed by atoms with van der Waals surface area (Å²) in [6, 6.07) is 5.65. The summed E-state index contributed by atoms with van der Waals surface area (Å²) in [6.07, 6.45) is 1.48. The fraction of sp³-hybridized carbons (Fsp3) is 0.312. The summed E-state index contributed by atoms with van der Waals surface area (Å²) in [5.74, 6) is -0.586. The van der Waals surface area contributed by atoms with Gasteiger partial charge in [-0.3, -0.25) is 14.9 Å². The fourth-order valence-corrected chi connectivity index (χ4v) is 4.27. The second kappa shape index (κ2) is 7.14.